The number of aliphatic imine (C=N–C) groups is 1. The third-order valence-corrected chi connectivity index (χ3v) is 3.75. The van der Waals surface area contributed by atoms with Crippen molar-refractivity contribution >= 4 is 11.9 Å². The zero-order chi connectivity index (χ0) is 15.8. The van der Waals surface area contributed by atoms with Crippen molar-refractivity contribution in [3.05, 3.63) is 35.4 Å². The van der Waals surface area contributed by atoms with E-state index in [1.807, 2.05) is 12.1 Å². The van der Waals surface area contributed by atoms with E-state index in [9.17, 15) is 4.79 Å². The highest BCUT2D eigenvalue weighted by atomic mass is 16.1. The average molecular weight is 302 g/mol. The number of nitrogens with zero attached hydrogens (tertiary/aromatic N) is 1. The van der Waals surface area contributed by atoms with Crippen molar-refractivity contribution in [2.75, 3.05) is 13.6 Å². The van der Waals surface area contributed by atoms with Crippen LogP contribution in [0, 0.1) is 6.92 Å². The summed E-state index contributed by atoms with van der Waals surface area (Å²) in [5.74, 6) is 0.929. The van der Waals surface area contributed by atoms with E-state index < -0.39 is 0 Å². The Hall–Kier alpha value is -2.04. The van der Waals surface area contributed by atoms with Crippen LogP contribution in [0.1, 0.15) is 36.8 Å². The Bertz CT molecular complexity index is 523. The minimum Gasteiger partial charge on any atom is -0.356 e. The number of rotatable bonds is 7. The van der Waals surface area contributed by atoms with Crippen LogP contribution >= 0.6 is 0 Å². The van der Waals surface area contributed by atoms with E-state index in [2.05, 4.69) is 40.0 Å². The topological polar surface area (TPSA) is 65.5 Å². The van der Waals surface area contributed by atoms with Crippen LogP contribution in [-0.2, 0) is 11.3 Å². The van der Waals surface area contributed by atoms with Gasteiger partial charge >= 0.3 is 0 Å². The molecular weight excluding hydrogens is 276 g/mol. The summed E-state index contributed by atoms with van der Waals surface area (Å²) in [4.78, 5) is 15.8. The fraction of sp³-hybridized carbons (Fsp3) is 0.529. The first-order chi connectivity index (χ1) is 10.7. The molecule has 120 valence electrons. The number of amides is 1. The molecule has 0 saturated heterocycles. The molecule has 3 N–H and O–H groups in total. The number of guanidine groups is 1. The lowest BCUT2D eigenvalue weighted by Crippen LogP contribution is -2.37. The number of carbonyl (C=O) groups is 1. The van der Waals surface area contributed by atoms with Gasteiger partial charge in [0.05, 0.1) is 0 Å². The Balaban J connectivity index is 1.62. The smallest absolute Gasteiger partial charge is 0.220 e. The highest BCUT2D eigenvalue weighted by Crippen LogP contribution is 2.18. The summed E-state index contributed by atoms with van der Waals surface area (Å²) in [5.41, 5.74) is 2.52. The standard InChI is InChI=1S/C17H26N4O/c1-13-6-3-4-7-14(13)12-20-17(18-2)19-11-5-8-16(22)21-15-9-10-15/h3-4,6-7,15H,5,8-12H2,1-2H3,(H,21,22)(H2,18,19,20). The van der Waals surface area contributed by atoms with Crippen molar-refractivity contribution in [1.29, 1.82) is 0 Å². The van der Waals surface area contributed by atoms with Crippen molar-refractivity contribution in [3.63, 3.8) is 0 Å². The molecule has 1 aromatic carbocycles. The maximum atomic E-state index is 11.6. The van der Waals surface area contributed by atoms with E-state index in [-0.39, 0.29) is 5.91 Å². The van der Waals surface area contributed by atoms with Gasteiger partial charge in [0.25, 0.3) is 0 Å². The number of carbonyl (C=O) groups excluding carboxylic acids is 1. The quantitative estimate of drug-likeness (QED) is 0.408. The predicted octanol–water partition coefficient (Wildman–Crippen LogP) is 1.72. The Morgan fingerprint density at radius 2 is 2.05 bits per heavy atom. The Kier molecular flexibility index (Phi) is 6.25. The van der Waals surface area contributed by atoms with E-state index >= 15 is 0 Å². The van der Waals surface area contributed by atoms with Crippen LogP contribution in [0.5, 0.6) is 0 Å². The molecule has 22 heavy (non-hydrogen) atoms. The molecule has 0 aromatic heterocycles. The van der Waals surface area contributed by atoms with Crippen molar-refractivity contribution < 1.29 is 4.79 Å². The number of hydrogen-bond donors (Lipinski definition) is 3. The summed E-state index contributed by atoms with van der Waals surface area (Å²) in [7, 11) is 1.76. The van der Waals surface area contributed by atoms with E-state index in [0.717, 1.165) is 38.3 Å². The van der Waals surface area contributed by atoms with Gasteiger partial charge in [-0.2, -0.15) is 0 Å². The Morgan fingerprint density at radius 1 is 1.27 bits per heavy atom. The Morgan fingerprint density at radius 3 is 2.73 bits per heavy atom. The van der Waals surface area contributed by atoms with E-state index in [0.29, 0.717) is 12.5 Å². The largest absolute Gasteiger partial charge is 0.356 e. The van der Waals surface area contributed by atoms with Crippen molar-refractivity contribution in [2.24, 2.45) is 4.99 Å². The van der Waals surface area contributed by atoms with Gasteiger partial charge in [-0.25, -0.2) is 0 Å². The van der Waals surface area contributed by atoms with Gasteiger partial charge in [0.2, 0.25) is 5.91 Å². The summed E-state index contributed by atoms with van der Waals surface area (Å²) in [6.45, 7) is 3.59. The summed E-state index contributed by atoms with van der Waals surface area (Å²) in [6, 6.07) is 8.74. The lowest BCUT2D eigenvalue weighted by atomic mass is 10.1. The van der Waals surface area contributed by atoms with Crippen molar-refractivity contribution in [1.82, 2.24) is 16.0 Å². The van der Waals surface area contributed by atoms with Gasteiger partial charge in [-0.1, -0.05) is 24.3 Å². The molecule has 5 heteroatoms. The van der Waals surface area contributed by atoms with Crippen LogP contribution in [0.4, 0.5) is 0 Å². The molecule has 0 unspecified atom stereocenters. The van der Waals surface area contributed by atoms with Gasteiger partial charge in [0.1, 0.15) is 0 Å². The van der Waals surface area contributed by atoms with Crippen LogP contribution < -0.4 is 16.0 Å². The highest BCUT2D eigenvalue weighted by Gasteiger charge is 2.22. The number of benzene rings is 1. The number of hydrogen-bond acceptors (Lipinski definition) is 2. The van der Waals surface area contributed by atoms with E-state index in [4.69, 9.17) is 0 Å². The molecule has 1 fully saturated rings. The fourth-order valence-corrected chi connectivity index (χ4v) is 2.19. The van der Waals surface area contributed by atoms with Crippen LogP contribution in [0.3, 0.4) is 0 Å². The molecule has 1 aliphatic rings. The fourth-order valence-electron chi connectivity index (χ4n) is 2.19. The molecule has 0 heterocycles. The molecule has 0 atom stereocenters. The predicted molar refractivity (Wildman–Crippen MR) is 89.8 cm³/mol. The second kappa shape index (κ2) is 8.41. The van der Waals surface area contributed by atoms with E-state index in [1.54, 1.807) is 7.05 Å². The first-order valence-corrected chi connectivity index (χ1v) is 7.97. The van der Waals surface area contributed by atoms with E-state index in [1.165, 1.54) is 11.1 Å². The molecule has 1 saturated carbocycles. The van der Waals surface area contributed by atoms with Crippen LogP contribution in [0.15, 0.2) is 29.3 Å². The minimum atomic E-state index is 0.159. The molecule has 0 bridgehead atoms. The summed E-state index contributed by atoms with van der Waals surface area (Å²) in [6.07, 6.45) is 3.65. The maximum absolute atomic E-state index is 11.6. The summed E-state index contributed by atoms with van der Waals surface area (Å²) < 4.78 is 0. The molecule has 0 aliphatic heterocycles. The highest BCUT2D eigenvalue weighted by molar-refractivity contribution is 5.80. The molecule has 1 amide bonds. The normalized spacial score (nSPS) is 14.5. The number of nitrogens with one attached hydrogen (secondary N) is 3. The second-order valence-electron chi connectivity index (χ2n) is 5.72. The molecule has 1 aromatic rings. The molecule has 0 spiro atoms. The lowest BCUT2D eigenvalue weighted by molar-refractivity contribution is -0.121. The van der Waals surface area contributed by atoms with Crippen LogP contribution in [0.2, 0.25) is 0 Å². The zero-order valence-corrected chi connectivity index (χ0v) is 13.5. The van der Waals surface area contributed by atoms with Crippen molar-refractivity contribution in [2.45, 2.75) is 45.2 Å². The van der Waals surface area contributed by atoms with Crippen LogP contribution in [-0.4, -0.2) is 31.5 Å². The summed E-state index contributed by atoms with van der Waals surface area (Å²) in [5, 5.41) is 9.53. The minimum absolute atomic E-state index is 0.159. The van der Waals surface area contributed by atoms with Gasteiger partial charge in [-0.3, -0.25) is 9.79 Å². The second-order valence-corrected chi connectivity index (χ2v) is 5.72. The maximum Gasteiger partial charge on any atom is 0.220 e. The summed E-state index contributed by atoms with van der Waals surface area (Å²) >= 11 is 0. The zero-order valence-electron chi connectivity index (χ0n) is 13.5. The first kappa shape index (κ1) is 16.3. The third-order valence-electron chi connectivity index (χ3n) is 3.75. The molecule has 0 radical (unpaired) electrons. The van der Waals surface area contributed by atoms with Gasteiger partial charge < -0.3 is 16.0 Å². The van der Waals surface area contributed by atoms with Gasteiger partial charge in [-0.05, 0) is 37.3 Å². The average Bonchev–Trinajstić information content (AvgIpc) is 3.32. The monoisotopic (exact) mass is 302 g/mol. The molecule has 5 nitrogen and oxygen atoms in total. The van der Waals surface area contributed by atoms with Crippen molar-refractivity contribution in [3.8, 4) is 0 Å². The Labute approximate surface area is 132 Å². The first-order valence-electron chi connectivity index (χ1n) is 7.97. The molecule has 2 rings (SSSR count). The third kappa shape index (κ3) is 5.76. The van der Waals surface area contributed by atoms with Gasteiger partial charge in [-0.15, -0.1) is 0 Å². The van der Waals surface area contributed by atoms with Gasteiger partial charge in [0.15, 0.2) is 5.96 Å². The SMILES string of the molecule is CN=C(NCCCC(=O)NC1CC1)NCc1ccccc1C. The van der Waals surface area contributed by atoms with Crippen LogP contribution in [0.25, 0.3) is 0 Å². The van der Waals surface area contributed by atoms with Gasteiger partial charge in [0, 0.05) is 32.6 Å². The molecule has 1 aliphatic carbocycles. The number of aryl methyl sites for hydroxylation is 1. The molecular formula is C17H26N4O. The lowest BCUT2D eigenvalue weighted by Gasteiger charge is -2.13.